The fourth-order valence-electron chi connectivity index (χ4n) is 2.08. The molecule has 0 spiro atoms. The van der Waals surface area contributed by atoms with Crippen LogP contribution in [0.4, 0.5) is 0 Å². The van der Waals surface area contributed by atoms with Crippen LogP contribution in [0, 0.1) is 0 Å². The number of benzene rings is 1. The molecule has 0 aliphatic carbocycles. The van der Waals surface area contributed by atoms with Crippen molar-refractivity contribution in [3.8, 4) is 0 Å². The van der Waals surface area contributed by atoms with Crippen molar-refractivity contribution in [2.75, 3.05) is 13.2 Å². The molecular formula is C11H15NO2. The fourth-order valence-corrected chi connectivity index (χ4v) is 2.08. The van der Waals surface area contributed by atoms with Crippen LogP contribution in [0.1, 0.15) is 22.7 Å². The average molecular weight is 193 g/mol. The van der Waals surface area contributed by atoms with Gasteiger partial charge in [0.25, 0.3) is 0 Å². The molecule has 0 amide bonds. The van der Waals surface area contributed by atoms with E-state index in [1.165, 1.54) is 5.56 Å². The molecule has 0 aromatic heterocycles. The van der Waals surface area contributed by atoms with Gasteiger partial charge in [-0.1, -0.05) is 18.2 Å². The first-order valence-electron chi connectivity index (χ1n) is 4.92. The second-order valence-corrected chi connectivity index (χ2v) is 3.58. The third-order valence-electron chi connectivity index (χ3n) is 2.80. The maximum atomic E-state index is 9.18. The zero-order chi connectivity index (χ0) is 9.97. The fraction of sp³-hybridized carbons (Fsp3) is 0.455. The Bertz CT molecular complexity index is 325. The Morgan fingerprint density at radius 2 is 2.21 bits per heavy atom. The second kappa shape index (κ2) is 4.09. The molecule has 2 rings (SSSR count). The van der Waals surface area contributed by atoms with Crippen LogP contribution in [0.15, 0.2) is 18.2 Å². The molecule has 1 aromatic rings. The van der Waals surface area contributed by atoms with Gasteiger partial charge in [0, 0.05) is 0 Å². The lowest BCUT2D eigenvalue weighted by molar-refractivity contribution is 0.238. The van der Waals surface area contributed by atoms with Crippen molar-refractivity contribution < 1.29 is 10.2 Å². The van der Waals surface area contributed by atoms with E-state index in [1.54, 1.807) is 0 Å². The van der Waals surface area contributed by atoms with Gasteiger partial charge in [0.1, 0.15) is 0 Å². The van der Waals surface area contributed by atoms with Crippen molar-refractivity contribution in [1.29, 1.82) is 0 Å². The van der Waals surface area contributed by atoms with Gasteiger partial charge in [0.2, 0.25) is 0 Å². The van der Waals surface area contributed by atoms with E-state index in [1.807, 2.05) is 18.2 Å². The predicted octanol–water partition coefficient (Wildman–Crippen LogP) is 0.358. The van der Waals surface area contributed by atoms with Gasteiger partial charge in [-0.05, 0) is 29.7 Å². The van der Waals surface area contributed by atoms with Gasteiger partial charge in [-0.2, -0.15) is 0 Å². The summed E-state index contributed by atoms with van der Waals surface area (Å²) in [5, 5.41) is 21.6. The molecule has 1 aliphatic rings. The monoisotopic (exact) mass is 193 g/mol. The normalized spacial score (nSPS) is 20.6. The number of aliphatic hydroxyl groups is 2. The van der Waals surface area contributed by atoms with E-state index in [4.69, 9.17) is 5.11 Å². The van der Waals surface area contributed by atoms with Gasteiger partial charge in [-0.3, -0.25) is 0 Å². The van der Waals surface area contributed by atoms with Crippen LogP contribution in [0.25, 0.3) is 0 Å². The van der Waals surface area contributed by atoms with Gasteiger partial charge in [-0.25, -0.2) is 0 Å². The number of aliphatic hydroxyl groups excluding tert-OH is 2. The number of hydrogen-bond donors (Lipinski definition) is 3. The Morgan fingerprint density at radius 1 is 1.36 bits per heavy atom. The van der Waals surface area contributed by atoms with E-state index in [0.717, 1.165) is 24.1 Å². The molecule has 14 heavy (non-hydrogen) atoms. The average Bonchev–Trinajstić information content (AvgIpc) is 2.27. The Morgan fingerprint density at radius 3 is 2.93 bits per heavy atom. The summed E-state index contributed by atoms with van der Waals surface area (Å²) >= 11 is 0. The molecule has 3 heteroatoms. The maximum absolute atomic E-state index is 9.18. The zero-order valence-corrected chi connectivity index (χ0v) is 8.03. The quantitative estimate of drug-likeness (QED) is 0.635. The lowest BCUT2D eigenvalue weighted by Crippen LogP contribution is -2.32. The number of nitrogens with one attached hydrogen (secondary N) is 1. The third kappa shape index (κ3) is 1.54. The topological polar surface area (TPSA) is 52.5 Å². The molecule has 1 aromatic carbocycles. The smallest absolute Gasteiger partial charge is 0.0684 e. The minimum absolute atomic E-state index is 0.0326. The molecule has 3 N–H and O–H groups in total. The van der Waals surface area contributed by atoms with Crippen molar-refractivity contribution in [3.05, 3.63) is 34.9 Å². The van der Waals surface area contributed by atoms with E-state index >= 15 is 0 Å². The summed E-state index contributed by atoms with van der Waals surface area (Å²) in [4.78, 5) is 0. The minimum atomic E-state index is 0.0326. The van der Waals surface area contributed by atoms with Gasteiger partial charge >= 0.3 is 0 Å². The molecule has 3 nitrogen and oxygen atoms in total. The van der Waals surface area contributed by atoms with Crippen molar-refractivity contribution in [2.24, 2.45) is 0 Å². The van der Waals surface area contributed by atoms with Crippen molar-refractivity contribution in [3.63, 3.8) is 0 Å². The summed E-state index contributed by atoms with van der Waals surface area (Å²) in [6.45, 7) is 1.07. The largest absolute Gasteiger partial charge is 0.394 e. The van der Waals surface area contributed by atoms with Crippen LogP contribution in [0.3, 0.4) is 0 Å². The van der Waals surface area contributed by atoms with E-state index in [9.17, 15) is 5.11 Å². The molecule has 0 bridgehead atoms. The molecule has 0 saturated carbocycles. The lowest BCUT2D eigenvalue weighted by atomic mass is 9.91. The Kier molecular flexibility index (Phi) is 2.82. The highest BCUT2D eigenvalue weighted by molar-refractivity contribution is 5.38. The summed E-state index contributed by atoms with van der Waals surface area (Å²) < 4.78 is 0. The molecule has 1 aliphatic heterocycles. The first-order chi connectivity index (χ1) is 6.86. The lowest BCUT2D eigenvalue weighted by Gasteiger charge is -2.26. The summed E-state index contributed by atoms with van der Waals surface area (Å²) in [6, 6.07) is 5.92. The standard InChI is InChI=1S/C11H15NO2/c13-6-8-2-1-3-10-9(8)4-5-12-11(10)7-14/h1-3,11-14H,4-7H2/t11-/m1/s1. The highest BCUT2D eigenvalue weighted by Crippen LogP contribution is 2.25. The highest BCUT2D eigenvalue weighted by Gasteiger charge is 2.20. The molecular weight excluding hydrogens is 178 g/mol. The Labute approximate surface area is 83.4 Å². The first-order valence-corrected chi connectivity index (χ1v) is 4.92. The molecule has 0 radical (unpaired) electrons. The van der Waals surface area contributed by atoms with Gasteiger partial charge in [0.05, 0.1) is 19.3 Å². The van der Waals surface area contributed by atoms with Crippen molar-refractivity contribution in [2.45, 2.75) is 19.1 Å². The number of rotatable bonds is 2. The van der Waals surface area contributed by atoms with E-state index < -0.39 is 0 Å². The molecule has 0 unspecified atom stereocenters. The first kappa shape index (κ1) is 9.65. The highest BCUT2D eigenvalue weighted by atomic mass is 16.3. The van der Waals surface area contributed by atoms with Gasteiger partial charge in [0.15, 0.2) is 0 Å². The maximum Gasteiger partial charge on any atom is 0.0684 e. The molecule has 1 atom stereocenters. The Hall–Kier alpha value is -0.900. The van der Waals surface area contributed by atoms with Crippen LogP contribution < -0.4 is 5.32 Å². The van der Waals surface area contributed by atoms with Gasteiger partial charge in [-0.15, -0.1) is 0 Å². The van der Waals surface area contributed by atoms with Crippen LogP contribution in [-0.4, -0.2) is 23.4 Å². The third-order valence-corrected chi connectivity index (χ3v) is 2.80. The number of hydrogen-bond acceptors (Lipinski definition) is 3. The van der Waals surface area contributed by atoms with Crippen molar-refractivity contribution >= 4 is 0 Å². The van der Waals surface area contributed by atoms with Gasteiger partial charge < -0.3 is 15.5 Å². The van der Waals surface area contributed by atoms with E-state index in [-0.39, 0.29) is 19.3 Å². The second-order valence-electron chi connectivity index (χ2n) is 3.58. The van der Waals surface area contributed by atoms with E-state index in [0.29, 0.717) is 0 Å². The summed E-state index contributed by atoms with van der Waals surface area (Å²) in [6.07, 6.45) is 0.933. The van der Waals surface area contributed by atoms with E-state index in [2.05, 4.69) is 5.32 Å². The Balaban J connectivity index is 2.43. The molecule has 0 fully saturated rings. The summed E-state index contributed by atoms with van der Waals surface area (Å²) in [5.74, 6) is 0. The molecule has 0 saturated heterocycles. The van der Waals surface area contributed by atoms with Crippen LogP contribution in [-0.2, 0) is 13.0 Å². The van der Waals surface area contributed by atoms with Crippen molar-refractivity contribution in [1.82, 2.24) is 5.32 Å². The molecule has 1 heterocycles. The summed E-state index contributed by atoms with van der Waals surface area (Å²) in [7, 11) is 0. The van der Waals surface area contributed by atoms with Crippen LogP contribution in [0.2, 0.25) is 0 Å². The minimum Gasteiger partial charge on any atom is -0.394 e. The number of fused-ring (bicyclic) bond motifs is 1. The SMILES string of the molecule is OCc1cccc2c1CCN[C@@H]2CO. The van der Waals surface area contributed by atoms with Crippen LogP contribution >= 0.6 is 0 Å². The molecule has 76 valence electrons. The zero-order valence-electron chi connectivity index (χ0n) is 8.03. The summed E-state index contributed by atoms with van der Waals surface area (Å²) in [5.41, 5.74) is 3.32. The predicted molar refractivity (Wildman–Crippen MR) is 53.9 cm³/mol. The van der Waals surface area contributed by atoms with Crippen LogP contribution in [0.5, 0.6) is 0 Å².